The van der Waals surface area contributed by atoms with E-state index in [-0.39, 0.29) is 24.0 Å². The molecule has 6 heterocycles. The maximum Gasteiger partial charge on any atom is 0.264 e. The van der Waals surface area contributed by atoms with Crippen LogP contribution in [0.2, 0.25) is 0 Å². The van der Waals surface area contributed by atoms with Gasteiger partial charge in [0, 0.05) is 47.7 Å². The number of nitrogens with one attached hydrogen (secondary N) is 4. The van der Waals surface area contributed by atoms with E-state index in [2.05, 4.69) is 66.3 Å². The molecule has 280 valence electrons. The van der Waals surface area contributed by atoms with Gasteiger partial charge >= 0.3 is 0 Å². The Labute approximate surface area is 317 Å². The minimum absolute atomic E-state index is 0.0883. The summed E-state index contributed by atoms with van der Waals surface area (Å²) in [6.07, 6.45) is 10.2. The molecule has 15 heteroatoms. The zero-order valence-corrected chi connectivity index (χ0v) is 30.3. The molecular formula is C40H41N11O4. The van der Waals surface area contributed by atoms with Gasteiger partial charge in [0.15, 0.2) is 0 Å². The number of unbranched alkanes of at least 4 members (excludes halogenated alkanes) is 1. The molecule has 0 bridgehead atoms. The van der Waals surface area contributed by atoms with E-state index in [1.807, 2.05) is 18.5 Å². The fourth-order valence-electron chi connectivity index (χ4n) is 7.79. The van der Waals surface area contributed by atoms with Gasteiger partial charge in [0.1, 0.15) is 11.7 Å². The lowest BCUT2D eigenvalue weighted by Gasteiger charge is -2.32. The predicted octanol–water partition coefficient (Wildman–Crippen LogP) is 4.95. The molecule has 4 amide bonds. The summed E-state index contributed by atoms with van der Waals surface area (Å²) >= 11 is 0. The van der Waals surface area contributed by atoms with E-state index in [9.17, 15) is 19.2 Å². The Morgan fingerprint density at radius 2 is 1.76 bits per heavy atom. The maximum absolute atomic E-state index is 13.4. The number of likely N-dealkylation sites (tertiary alicyclic amines) is 1. The number of piperidine rings is 2. The van der Waals surface area contributed by atoms with Gasteiger partial charge in [-0.05, 0) is 93.6 Å². The fourth-order valence-corrected chi connectivity index (χ4v) is 7.79. The van der Waals surface area contributed by atoms with Crippen LogP contribution in [0.25, 0.3) is 22.3 Å². The van der Waals surface area contributed by atoms with E-state index in [4.69, 9.17) is 10.2 Å². The van der Waals surface area contributed by atoms with Gasteiger partial charge in [0.05, 0.1) is 42.1 Å². The van der Waals surface area contributed by atoms with Gasteiger partial charge in [0.25, 0.3) is 11.8 Å². The first-order valence-corrected chi connectivity index (χ1v) is 18.8. The predicted molar refractivity (Wildman–Crippen MR) is 204 cm³/mol. The second-order valence-electron chi connectivity index (χ2n) is 14.2. The number of imide groups is 2. The minimum Gasteiger partial charge on any atom is -0.384 e. The monoisotopic (exact) mass is 739 g/mol. The number of nitrogens with zero attached hydrogens (tertiary/aromatic N) is 7. The zero-order chi connectivity index (χ0) is 37.9. The molecule has 55 heavy (non-hydrogen) atoms. The number of anilines is 3. The Morgan fingerprint density at radius 1 is 0.927 bits per heavy atom. The lowest BCUT2D eigenvalue weighted by molar-refractivity contribution is -0.136. The molecule has 2 saturated heterocycles. The number of benzene rings is 2. The van der Waals surface area contributed by atoms with Crippen LogP contribution in [0, 0.1) is 11.3 Å². The summed E-state index contributed by atoms with van der Waals surface area (Å²) in [5, 5.41) is 23.2. The van der Waals surface area contributed by atoms with E-state index in [1.165, 1.54) is 5.56 Å². The quantitative estimate of drug-likeness (QED) is 0.0943. The van der Waals surface area contributed by atoms with Crippen molar-refractivity contribution in [2.45, 2.75) is 63.5 Å². The van der Waals surface area contributed by atoms with Crippen molar-refractivity contribution in [3.05, 3.63) is 83.8 Å². The van der Waals surface area contributed by atoms with Gasteiger partial charge in [-0.15, -0.1) is 0 Å². The van der Waals surface area contributed by atoms with Crippen molar-refractivity contribution in [1.29, 1.82) is 5.26 Å². The average Bonchev–Trinajstić information content (AvgIpc) is 3.93. The van der Waals surface area contributed by atoms with Gasteiger partial charge in [0.2, 0.25) is 17.8 Å². The molecular weight excluding hydrogens is 699 g/mol. The molecule has 3 aliphatic heterocycles. The lowest BCUT2D eigenvalue weighted by atomic mass is 9.89. The van der Waals surface area contributed by atoms with Gasteiger partial charge in [-0.2, -0.15) is 15.3 Å². The summed E-state index contributed by atoms with van der Waals surface area (Å²) in [6, 6.07) is 16.8. The summed E-state index contributed by atoms with van der Waals surface area (Å²) in [4.78, 5) is 66.7. The minimum atomic E-state index is -0.981. The number of hydrogen-bond donors (Lipinski definition) is 4. The normalized spacial score (nSPS) is 17.7. The third-order valence-corrected chi connectivity index (χ3v) is 10.7. The largest absolute Gasteiger partial charge is 0.384 e. The van der Waals surface area contributed by atoms with Crippen molar-refractivity contribution in [3.63, 3.8) is 0 Å². The molecule has 15 nitrogen and oxygen atoms in total. The van der Waals surface area contributed by atoms with Crippen molar-refractivity contribution in [2.24, 2.45) is 0 Å². The highest BCUT2D eigenvalue weighted by molar-refractivity contribution is 6.25. The first kappa shape index (κ1) is 35.6. The number of fused-ring (bicyclic) bond motifs is 2. The number of aromatic amines is 1. The third kappa shape index (κ3) is 7.41. The number of carbonyl (C=O) groups is 4. The molecule has 0 radical (unpaired) electrons. The first-order valence-electron chi connectivity index (χ1n) is 18.8. The molecule has 0 saturated carbocycles. The van der Waals surface area contributed by atoms with Gasteiger partial charge in [-0.25, -0.2) is 4.98 Å². The number of nitriles is 1. The fraction of sp³-hybridized carbons (Fsp3) is 0.350. The third-order valence-electron chi connectivity index (χ3n) is 10.7. The van der Waals surface area contributed by atoms with Crippen LogP contribution in [-0.2, 0) is 16.1 Å². The summed E-state index contributed by atoms with van der Waals surface area (Å²) in [5.41, 5.74) is 5.73. The molecule has 0 aliphatic carbocycles. The van der Waals surface area contributed by atoms with Gasteiger partial charge < -0.3 is 20.5 Å². The Kier molecular flexibility index (Phi) is 10.1. The van der Waals surface area contributed by atoms with Crippen molar-refractivity contribution >= 4 is 52.0 Å². The summed E-state index contributed by atoms with van der Waals surface area (Å²) in [5.74, 6) is -1.04. The standard InChI is InChI=1S/C40H41N11O4/c41-16-4-20-50-24-27(23-44-50)35-30-13-18-43-36(30)48-40(47-35)45-28-9-7-25(8-10-28)26-14-21-49(22-15-26)19-2-1-17-42-31-6-3-5-29-34(31)39(55)51(38(29)54)32-11-12-33(52)46-37(32)53/h3,5-10,13,18,23-24,26,32,42H,1-2,4,11-12,14-15,17,19-22H2,(H,46,52,53)(H2,43,45,47,48). The SMILES string of the molecule is N#CCCn1cc(-c2nc(Nc3ccc(C4CCN(CCCCNc5cccc6c5C(=O)N(C5CCC(=O)NC5=O)C6=O)CC4)cc3)nc3[nH]ccc23)cn1. The van der Waals surface area contributed by atoms with Crippen molar-refractivity contribution in [3.8, 4) is 17.3 Å². The van der Waals surface area contributed by atoms with Crippen LogP contribution < -0.4 is 16.0 Å². The van der Waals surface area contributed by atoms with Crippen LogP contribution in [-0.4, -0.2) is 90.4 Å². The summed E-state index contributed by atoms with van der Waals surface area (Å²) in [6.45, 7) is 4.20. The highest BCUT2D eigenvalue weighted by Gasteiger charge is 2.45. The van der Waals surface area contributed by atoms with Crippen LogP contribution in [0.3, 0.4) is 0 Å². The second kappa shape index (κ2) is 15.5. The Morgan fingerprint density at radius 3 is 2.56 bits per heavy atom. The number of hydrogen-bond acceptors (Lipinski definition) is 11. The number of amides is 4. The molecule has 2 aromatic carbocycles. The topological polar surface area (TPSA) is 194 Å². The lowest BCUT2D eigenvalue weighted by Crippen LogP contribution is -2.54. The first-order chi connectivity index (χ1) is 26.9. The van der Waals surface area contributed by atoms with Crippen molar-refractivity contribution in [1.82, 2.24) is 39.8 Å². The highest BCUT2D eigenvalue weighted by atomic mass is 16.2. The maximum atomic E-state index is 13.4. The molecule has 1 unspecified atom stereocenters. The van der Waals surface area contributed by atoms with Crippen LogP contribution in [0.4, 0.5) is 17.3 Å². The Bertz CT molecular complexity index is 2300. The van der Waals surface area contributed by atoms with E-state index in [1.54, 1.807) is 29.1 Å². The number of aromatic nitrogens is 5. The van der Waals surface area contributed by atoms with Crippen LogP contribution >= 0.6 is 0 Å². The van der Waals surface area contributed by atoms with Gasteiger partial charge in [-0.3, -0.25) is 34.1 Å². The molecule has 1 atom stereocenters. The van der Waals surface area contributed by atoms with E-state index < -0.39 is 29.7 Å². The molecule has 2 fully saturated rings. The zero-order valence-electron chi connectivity index (χ0n) is 30.3. The van der Waals surface area contributed by atoms with E-state index in [0.29, 0.717) is 37.1 Å². The average molecular weight is 740 g/mol. The van der Waals surface area contributed by atoms with Crippen molar-refractivity contribution in [2.75, 3.05) is 36.8 Å². The number of aryl methyl sites for hydroxylation is 1. The molecule has 3 aromatic heterocycles. The van der Waals surface area contributed by atoms with Crippen LogP contribution in [0.5, 0.6) is 0 Å². The summed E-state index contributed by atoms with van der Waals surface area (Å²) in [7, 11) is 0. The number of H-pyrrole nitrogens is 1. The summed E-state index contributed by atoms with van der Waals surface area (Å²) < 4.78 is 1.75. The van der Waals surface area contributed by atoms with Crippen LogP contribution in [0.15, 0.2) is 67.1 Å². The Hall–Kier alpha value is -6.40. The molecule has 4 N–H and O–H groups in total. The Balaban J connectivity index is 0.798. The highest BCUT2D eigenvalue weighted by Crippen LogP contribution is 2.33. The van der Waals surface area contributed by atoms with Gasteiger partial charge in [-0.1, -0.05) is 18.2 Å². The molecule has 5 aromatic rings. The van der Waals surface area contributed by atoms with E-state index >= 15 is 0 Å². The van der Waals surface area contributed by atoms with E-state index in [0.717, 1.165) is 78.2 Å². The number of carbonyl (C=O) groups excluding carboxylic acids is 4. The molecule has 3 aliphatic rings. The van der Waals surface area contributed by atoms with Crippen LogP contribution in [0.1, 0.15) is 77.1 Å². The molecule has 0 spiro atoms. The smallest absolute Gasteiger partial charge is 0.264 e. The second-order valence-corrected chi connectivity index (χ2v) is 14.2. The van der Waals surface area contributed by atoms with Crippen molar-refractivity contribution < 1.29 is 19.2 Å². The molecule has 8 rings (SSSR count). The number of rotatable bonds is 13.